The molecule has 2 amide bonds. The molecule has 0 aromatic heterocycles. The summed E-state index contributed by atoms with van der Waals surface area (Å²) in [5, 5.41) is 5.81. The molecule has 4 nitrogen and oxygen atoms in total. The molecule has 2 rings (SSSR count). The fourth-order valence-electron chi connectivity index (χ4n) is 2.75. The summed E-state index contributed by atoms with van der Waals surface area (Å²) in [4.78, 5) is 25.3. The second-order valence-electron chi connectivity index (χ2n) is 6.82. The molecular weight excluding hydrogens is 312 g/mol. The van der Waals surface area contributed by atoms with Gasteiger partial charge in [-0.15, -0.1) is 0 Å². The molecule has 0 fully saturated rings. The van der Waals surface area contributed by atoms with Gasteiger partial charge >= 0.3 is 0 Å². The van der Waals surface area contributed by atoms with Crippen LogP contribution in [0.4, 0.5) is 5.69 Å². The number of carbonyl (C=O) groups excluding carboxylic acids is 2. The Labute approximate surface area is 149 Å². The van der Waals surface area contributed by atoms with Crippen molar-refractivity contribution in [2.24, 2.45) is 5.92 Å². The third-order valence-electron chi connectivity index (χ3n) is 4.27. The molecule has 0 unspecified atom stereocenters. The number of rotatable bonds is 5. The van der Waals surface area contributed by atoms with Gasteiger partial charge in [-0.2, -0.15) is 0 Å². The van der Waals surface area contributed by atoms with E-state index in [4.69, 9.17) is 0 Å². The standard InChI is InChI=1S/C21H26N2O2/c1-13(2)19(23-20(24)17-9-7-6-8-15(17)4)21(25)22-18-11-10-14(3)12-16(18)5/h6-13,19H,1-5H3,(H,22,25)(H,23,24)/t19-/m0/s1. The van der Waals surface area contributed by atoms with Gasteiger partial charge in [-0.25, -0.2) is 0 Å². The topological polar surface area (TPSA) is 58.2 Å². The van der Waals surface area contributed by atoms with Crippen LogP contribution in [0.25, 0.3) is 0 Å². The van der Waals surface area contributed by atoms with E-state index in [0.29, 0.717) is 5.56 Å². The third-order valence-corrected chi connectivity index (χ3v) is 4.27. The van der Waals surface area contributed by atoms with Crippen molar-refractivity contribution in [3.8, 4) is 0 Å². The molecule has 0 saturated carbocycles. The highest BCUT2D eigenvalue weighted by Gasteiger charge is 2.25. The summed E-state index contributed by atoms with van der Waals surface area (Å²) in [6.45, 7) is 9.70. The first-order valence-electron chi connectivity index (χ1n) is 8.54. The molecule has 0 saturated heterocycles. The minimum absolute atomic E-state index is 0.0290. The molecule has 25 heavy (non-hydrogen) atoms. The van der Waals surface area contributed by atoms with E-state index in [-0.39, 0.29) is 17.7 Å². The summed E-state index contributed by atoms with van der Waals surface area (Å²) < 4.78 is 0. The average molecular weight is 338 g/mol. The molecule has 2 aromatic rings. The maximum absolute atomic E-state index is 12.7. The third kappa shape index (κ3) is 4.69. The number of amides is 2. The lowest BCUT2D eigenvalue weighted by Crippen LogP contribution is -2.47. The van der Waals surface area contributed by atoms with Gasteiger partial charge < -0.3 is 10.6 Å². The van der Waals surface area contributed by atoms with Gasteiger partial charge in [-0.1, -0.05) is 49.7 Å². The Morgan fingerprint density at radius 3 is 2.20 bits per heavy atom. The predicted octanol–water partition coefficient (Wildman–Crippen LogP) is 4.00. The van der Waals surface area contributed by atoms with E-state index in [9.17, 15) is 9.59 Å². The summed E-state index contributed by atoms with van der Waals surface area (Å²) >= 11 is 0. The molecule has 4 heteroatoms. The number of nitrogens with one attached hydrogen (secondary N) is 2. The first kappa shape index (κ1) is 18.7. The van der Waals surface area contributed by atoms with Crippen molar-refractivity contribution in [3.63, 3.8) is 0 Å². The van der Waals surface area contributed by atoms with Crippen LogP contribution in [-0.4, -0.2) is 17.9 Å². The second kappa shape index (κ2) is 7.97. The fourth-order valence-corrected chi connectivity index (χ4v) is 2.75. The monoisotopic (exact) mass is 338 g/mol. The minimum atomic E-state index is -0.604. The van der Waals surface area contributed by atoms with Crippen LogP contribution in [0.3, 0.4) is 0 Å². The van der Waals surface area contributed by atoms with Gasteiger partial charge in [0.25, 0.3) is 5.91 Å². The average Bonchev–Trinajstić information content (AvgIpc) is 2.55. The summed E-state index contributed by atoms with van der Waals surface area (Å²) in [6.07, 6.45) is 0. The first-order chi connectivity index (χ1) is 11.8. The van der Waals surface area contributed by atoms with Crippen LogP contribution in [0.1, 0.15) is 40.9 Å². The molecule has 132 valence electrons. The molecule has 0 spiro atoms. The number of hydrogen-bond donors (Lipinski definition) is 2. The molecule has 0 radical (unpaired) electrons. The van der Waals surface area contributed by atoms with Crippen LogP contribution in [0, 0.1) is 26.7 Å². The molecule has 0 bridgehead atoms. The van der Waals surface area contributed by atoms with Crippen LogP contribution in [0.15, 0.2) is 42.5 Å². The molecule has 0 aliphatic heterocycles. The Hall–Kier alpha value is -2.62. The van der Waals surface area contributed by atoms with Gasteiger partial charge in [-0.3, -0.25) is 9.59 Å². The number of hydrogen-bond acceptors (Lipinski definition) is 2. The highest BCUT2D eigenvalue weighted by molar-refractivity contribution is 6.02. The normalized spacial score (nSPS) is 11.9. The maximum Gasteiger partial charge on any atom is 0.252 e. The van der Waals surface area contributed by atoms with Crippen molar-refractivity contribution >= 4 is 17.5 Å². The zero-order chi connectivity index (χ0) is 18.6. The molecule has 2 aromatic carbocycles. The minimum Gasteiger partial charge on any atom is -0.340 e. The van der Waals surface area contributed by atoms with Crippen molar-refractivity contribution < 1.29 is 9.59 Å². The fraction of sp³-hybridized carbons (Fsp3) is 0.333. The molecule has 0 aliphatic carbocycles. The van der Waals surface area contributed by atoms with Crippen LogP contribution in [0.5, 0.6) is 0 Å². The Morgan fingerprint density at radius 2 is 1.60 bits per heavy atom. The highest BCUT2D eigenvalue weighted by Crippen LogP contribution is 2.17. The van der Waals surface area contributed by atoms with Crippen molar-refractivity contribution in [1.82, 2.24) is 5.32 Å². The predicted molar refractivity (Wildman–Crippen MR) is 102 cm³/mol. The summed E-state index contributed by atoms with van der Waals surface area (Å²) in [5.74, 6) is -0.463. The number of carbonyl (C=O) groups is 2. The van der Waals surface area contributed by atoms with Crippen molar-refractivity contribution in [1.29, 1.82) is 0 Å². The Balaban J connectivity index is 2.16. The van der Waals surface area contributed by atoms with E-state index in [2.05, 4.69) is 10.6 Å². The van der Waals surface area contributed by atoms with E-state index in [1.54, 1.807) is 6.07 Å². The first-order valence-corrected chi connectivity index (χ1v) is 8.54. The van der Waals surface area contributed by atoms with Crippen LogP contribution >= 0.6 is 0 Å². The molecule has 0 aliphatic rings. The van der Waals surface area contributed by atoms with E-state index < -0.39 is 6.04 Å². The van der Waals surface area contributed by atoms with Crippen molar-refractivity contribution in [2.75, 3.05) is 5.32 Å². The van der Waals surface area contributed by atoms with Gasteiger partial charge in [-0.05, 0) is 49.9 Å². The van der Waals surface area contributed by atoms with E-state index in [0.717, 1.165) is 22.4 Å². The van der Waals surface area contributed by atoms with Crippen LogP contribution < -0.4 is 10.6 Å². The Morgan fingerprint density at radius 1 is 0.920 bits per heavy atom. The molecule has 0 heterocycles. The van der Waals surface area contributed by atoms with E-state index >= 15 is 0 Å². The van der Waals surface area contributed by atoms with E-state index in [1.165, 1.54) is 0 Å². The van der Waals surface area contributed by atoms with Crippen molar-refractivity contribution in [3.05, 3.63) is 64.7 Å². The lowest BCUT2D eigenvalue weighted by molar-refractivity contribution is -0.118. The second-order valence-corrected chi connectivity index (χ2v) is 6.82. The van der Waals surface area contributed by atoms with Gasteiger partial charge in [0.05, 0.1) is 0 Å². The van der Waals surface area contributed by atoms with Crippen LogP contribution in [-0.2, 0) is 4.79 Å². The van der Waals surface area contributed by atoms with Gasteiger partial charge in [0, 0.05) is 11.3 Å². The summed E-state index contributed by atoms with van der Waals surface area (Å²) in [7, 11) is 0. The van der Waals surface area contributed by atoms with Gasteiger partial charge in [0.2, 0.25) is 5.91 Å². The quantitative estimate of drug-likeness (QED) is 0.865. The molecule has 1 atom stereocenters. The maximum atomic E-state index is 12.7. The summed E-state index contributed by atoms with van der Waals surface area (Å²) in [5.41, 5.74) is 4.39. The summed E-state index contributed by atoms with van der Waals surface area (Å²) in [6, 6.07) is 12.6. The van der Waals surface area contributed by atoms with E-state index in [1.807, 2.05) is 71.0 Å². The number of aryl methyl sites for hydroxylation is 3. The number of anilines is 1. The number of benzene rings is 2. The SMILES string of the molecule is Cc1ccc(NC(=O)[C@@H](NC(=O)c2ccccc2C)C(C)C)c(C)c1. The zero-order valence-corrected chi connectivity index (χ0v) is 15.5. The lowest BCUT2D eigenvalue weighted by Gasteiger charge is -2.22. The highest BCUT2D eigenvalue weighted by atomic mass is 16.2. The molecule has 2 N–H and O–H groups in total. The zero-order valence-electron chi connectivity index (χ0n) is 15.5. The Kier molecular flexibility index (Phi) is 5.97. The van der Waals surface area contributed by atoms with Gasteiger partial charge in [0.1, 0.15) is 6.04 Å². The molecular formula is C21H26N2O2. The van der Waals surface area contributed by atoms with Gasteiger partial charge in [0.15, 0.2) is 0 Å². The largest absolute Gasteiger partial charge is 0.340 e. The van der Waals surface area contributed by atoms with Crippen molar-refractivity contribution in [2.45, 2.75) is 40.7 Å². The lowest BCUT2D eigenvalue weighted by atomic mass is 10.0. The van der Waals surface area contributed by atoms with Crippen LogP contribution in [0.2, 0.25) is 0 Å². The Bertz CT molecular complexity index is 781. The smallest absolute Gasteiger partial charge is 0.252 e.